The van der Waals surface area contributed by atoms with E-state index in [0.717, 1.165) is 17.4 Å². The highest BCUT2D eigenvalue weighted by Gasteiger charge is 2.28. The Labute approximate surface area is 162 Å². The zero-order valence-electron chi connectivity index (χ0n) is 15.2. The minimum absolute atomic E-state index is 0.197. The van der Waals surface area contributed by atoms with Crippen LogP contribution in [-0.2, 0) is 19.6 Å². The number of morpholine rings is 1. The van der Waals surface area contributed by atoms with Gasteiger partial charge in [-0.15, -0.1) is 10.2 Å². The molecule has 0 aliphatic carbocycles. The summed E-state index contributed by atoms with van der Waals surface area (Å²) in [6.45, 7) is 7.03. The highest BCUT2D eigenvalue weighted by atomic mass is 79.9. The second kappa shape index (κ2) is 9.07. The number of carbonyl (C=O) groups excluding carboxylic acids is 1. The molecule has 1 amide bonds. The molecule has 26 heavy (non-hydrogen) atoms. The predicted octanol–water partition coefficient (Wildman–Crippen LogP) is 0.565. The number of likely N-dealkylation sites (N-methyl/N-ethyl adjacent to an activating group) is 1. The zero-order valence-corrected chi connectivity index (χ0v) is 17.6. The summed E-state index contributed by atoms with van der Waals surface area (Å²) in [5.41, 5.74) is 0. The number of amides is 1. The third-order valence-electron chi connectivity index (χ3n) is 4.17. The van der Waals surface area contributed by atoms with Crippen LogP contribution < -0.4 is 4.90 Å². The van der Waals surface area contributed by atoms with Gasteiger partial charge in [0.05, 0.1) is 24.2 Å². The second-order valence-electron chi connectivity index (χ2n) is 5.78. The monoisotopic (exact) mass is 449 g/mol. The van der Waals surface area contributed by atoms with Crippen molar-refractivity contribution < 1.29 is 17.9 Å². The topological polar surface area (TPSA) is 95.9 Å². The van der Waals surface area contributed by atoms with Gasteiger partial charge >= 0.3 is 0 Å². The summed E-state index contributed by atoms with van der Waals surface area (Å²) in [5, 5.41) is 7.73. The van der Waals surface area contributed by atoms with Crippen LogP contribution in [0.5, 0.6) is 0 Å². The molecule has 0 radical (unpaired) electrons. The zero-order chi connectivity index (χ0) is 19.3. The SMILES string of the molecule is CCN(CC)c1nnc(S(=O)(=O)N(C)CC(=O)N2CCOCC2)cc1Br. The molecule has 146 valence electrons. The van der Waals surface area contributed by atoms with E-state index in [1.807, 2.05) is 18.7 Å². The first-order valence-electron chi connectivity index (χ1n) is 8.41. The van der Waals surface area contributed by atoms with E-state index in [9.17, 15) is 13.2 Å². The van der Waals surface area contributed by atoms with Crippen molar-refractivity contribution in [3.8, 4) is 0 Å². The van der Waals surface area contributed by atoms with E-state index in [1.165, 1.54) is 13.1 Å². The summed E-state index contributed by atoms with van der Waals surface area (Å²) in [6, 6.07) is 1.42. The Hall–Kier alpha value is -1.30. The van der Waals surface area contributed by atoms with E-state index in [4.69, 9.17) is 4.74 Å². The molecule has 1 aromatic heterocycles. The van der Waals surface area contributed by atoms with Gasteiger partial charge in [0.1, 0.15) is 0 Å². The van der Waals surface area contributed by atoms with Crippen LogP contribution in [0.25, 0.3) is 0 Å². The summed E-state index contributed by atoms with van der Waals surface area (Å²) in [5.74, 6) is 0.326. The van der Waals surface area contributed by atoms with Crippen molar-refractivity contribution in [1.82, 2.24) is 19.4 Å². The molecule has 0 saturated carbocycles. The number of sulfonamides is 1. The molecule has 2 rings (SSSR count). The molecule has 1 fully saturated rings. The van der Waals surface area contributed by atoms with Gasteiger partial charge in [-0.3, -0.25) is 4.79 Å². The van der Waals surface area contributed by atoms with Crippen molar-refractivity contribution in [2.45, 2.75) is 18.9 Å². The van der Waals surface area contributed by atoms with Crippen LogP contribution in [0.1, 0.15) is 13.8 Å². The average Bonchev–Trinajstić information content (AvgIpc) is 2.64. The molecule has 9 nitrogen and oxygen atoms in total. The number of carbonyl (C=O) groups is 1. The molecule has 0 N–H and O–H groups in total. The third-order valence-corrected chi connectivity index (χ3v) is 6.43. The molecule has 1 aromatic rings. The van der Waals surface area contributed by atoms with Crippen molar-refractivity contribution in [2.75, 3.05) is 57.9 Å². The van der Waals surface area contributed by atoms with Gasteiger partial charge in [-0.1, -0.05) is 0 Å². The average molecular weight is 450 g/mol. The molecule has 2 heterocycles. The van der Waals surface area contributed by atoms with E-state index in [1.54, 1.807) is 4.90 Å². The van der Waals surface area contributed by atoms with Gasteiger partial charge in [-0.2, -0.15) is 4.31 Å². The van der Waals surface area contributed by atoms with Crippen LogP contribution in [0.15, 0.2) is 15.6 Å². The minimum atomic E-state index is -3.92. The van der Waals surface area contributed by atoms with Crippen molar-refractivity contribution in [1.29, 1.82) is 0 Å². The molecule has 0 unspecified atom stereocenters. The van der Waals surface area contributed by atoms with Crippen molar-refractivity contribution in [3.05, 3.63) is 10.5 Å². The van der Waals surface area contributed by atoms with E-state index < -0.39 is 10.0 Å². The standard InChI is InChI=1S/C15H24BrN5O4S/c1-4-20(5-2)15-12(16)10-13(17-18-15)26(23,24)19(3)11-14(22)21-6-8-25-9-7-21/h10H,4-9,11H2,1-3H3. The molecule has 0 atom stereocenters. The van der Waals surface area contributed by atoms with Gasteiger partial charge < -0.3 is 14.5 Å². The summed E-state index contributed by atoms with van der Waals surface area (Å²) in [7, 11) is -2.56. The number of anilines is 1. The molecule has 0 aromatic carbocycles. The molecular formula is C15H24BrN5O4S. The molecule has 1 aliphatic heterocycles. The van der Waals surface area contributed by atoms with Crippen LogP contribution in [0.4, 0.5) is 5.82 Å². The van der Waals surface area contributed by atoms with Gasteiger partial charge in [-0.05, 0) is 35.8 Å². The van der Waals surface area contributed by atoms with Crippen LogP contribution >= 0.6 is 15.9 Å². The van der Waals surface area contributed by atoms with Crippen molar-refractivity contribution in [3.63, 3.8) is 0 Å². The largest absolute Gasteiger partial charge is 0.378 e. The number of aromatic nitrogens is 2. The van der Waals surface area contributed by atoms with Crippen LogP contribution in [0.3, 0.4) is 0 Å². The fourth-order valence-electron chi connectivity index (χ4n) is 2.56. The van der Waals surface area contributed by atoms with E-state index in [2.05, 4.69) is 26.1 Å². The first-order valence-corrected chi connectivity index (χ1v) is 10.6. The number of nitrogens with zero attached hydrogens (tertiary/aromatic N) is 5. The highest BCUT2D eigenvalue weighted by Crippen LogP contribution is 2.25. The Balaban J connectivity index is 2.15. The quantitative estimate of drug-likeness (QED) is 0.599. The third kappa shape index (κ3) is 4.70. The van der Waals surface area contributed by atoms with Gasteiger partial charge in [0, 0.05) is 33.2 Å². The molecule has 11 heteroatoms. The maximum atomic E-state index is 12.7. The first-order chi connectivity index (χ1) is 12.3. The van der Waals surface area contributed by atoms with Crippen LogP contribution in [0, 0.1) is 0 Å². The lowest BCUT2D eigenvalue weighted by atomic mass is 10.4. The van der Waals surface area contributed by atoms with Gasteiger partial charge in [-0.25, -0.2) is 8.42 Å². The van der Waals surface area contributed by atoms with Gasteiger partial charge in [0.2, 0.25) is 5.91 Å². The fourth-order valence-corrected chi connectivity index (χ4v) is 4.27. The lowest BCUT2D eigenvalue weighted by Crippen LogP contribution is -2.46. The summed E-state index contributed by atoms with van der Waals surface area (Å²) < 4.78 is 32.2. The van der Waals surface area contributed by atoms with E-state index in [0.29, 0.717) is 36.6 Å². The summed E-state index contributed by atoms with van der Waals surface area (Å²) >= 11 is 3.37. The van der Waals surface area contributed by atoms with Gasteiger partial charge in [0.15, 0.2) is 10.8 Å². The number of rotatable bonds is 7. The minimum Gasteiger partial charge on any atom is -0.378 e. The molecular weight excluding hydrogens is 426 g/mol. The maximum absolute atomic E-state index is 12.7. The Morgan fingerprint density at radius 3 is 2.42 bits per heavy atom. The fraction of sp³-hybridized carbons (Fsp3) is 0.667. The first kappa shape index (κ1) is 21.0. The Morgan fingerprint density at radius 1 is 1.27 bits per heavy atom. The summed E-state index contributed by atoms with van der Waals surface area (Å²) in [4.78, 5) is 15.8. The van der Waals surface area contributed by atoms with Gasteiger partial charge in [0.25, 0.3) is 10.0 Å². The number of hydrogen-bond donors (Lipinski definition) is 0. The second-order valence-corrected chi connectivity index (χ2v) is 8.63. The maximum Gasteiger partial charge on any atom is 0.262 e. The van der Waals surface area contributed by atoms with Crippen LogP contribution in [0.2, 0.25) is 0 Å². The summed E-state index contributed by atoms with van der Waals surface area (Å²) in [6.07, 6.45) is 0. The Bertz CT molecular complexity index is 736. The lowest BCUT2D eigenvalue weighted by molar-refractivity contribution is -0.135. The number of hydrogen-bond acceptors (Lipinski definition) is 7. The molecule has 1 aliphatic rings. The Morgan fingerprint density at radius 2 is 1.88 bits per heavy atom. The normalized spacial score (nSPS) is 15.3. The van der Waals surface area contributed by atoms with Crippen molar-refractivity contribution >= 4 is 37.7 Å². The number of halogens is 1. The van der Waals surface area contributed by atoms with E-state index in [-0.39, 0.29) is 17.5 Å². The molecule has 0 spiro atoms. The lowest BCUT2D eigenvalue weighted by Gasteiger charge is -2.28. The number of ether oxygens (including phenoxy) is 1. The highest BCUT2D eigenvalue weighted by molar-refractivity contribution is 9.10. The Kier molecular flexibility index (Phi) is 7.33. The van der Waals surface area contributed by atoms with Crippen LogP contribution in [-0.4, -0.2) is 86.7 Å². The smallest absolute Gasteiger partial charge is 0.262 e. The molecule has 1 saturated heterocycles. The predicted molar refractivity (Wildman–Crippen MR) is 101 cm³/mol. The molecule has 0 bridgehead atoms. The van der Waals surface area contributed by atoms with Crippen molar-refractivity contribution in [2.24, 2.45) is 0 Å². The van der Waals surface area contributed by atoms with E-state index >= 15 is 0 Å².